The third kappa shape index (κ3) is 4.87. The van der Waals surface area contributed by atoms with Crippen molar-refractivity contribution in [3.05, 3.63) is 70.7 Å². The van der Waals surface area contributed by atoms with Gasteiger partial charge in [-0.15, -0.1) is 0 Å². The highest BCUT2D eigenvalue weighted by atomic mass is 35.5. The monoisotopic (exact) mass is 370 g/mol. The standard InChI is InChI=1S/C22H27ClN2O/c1-2-13-25(17-18-7-6-10-20(23)16-18)21-11-14-24(15-12-21)22(26)19-8-4-3-5-9-19/h3-10,16,21H,2,11-15,17H2,1H3. The Labute approximate surface area is 161 Å². The quantitative estimate of drug-likeness (QED) is 0.725. The molecule has 0 radical (unpaired) electrons. The molecule has 1 aliphatic rings. The zero-order chi connectivity index (χ0) is 18.4. The topological polar surface area (TPSA) is 23.6 Å². The molecule has 4 heteroatoms. The van der Waals surface area contributed by atoms with Crippen molar-refractivity contribution in [1.82, 2.24) is 9.80 Å². The van der Waals surface area contributed by atoms with Crippen LogP contribution in [0.3, 0.4) is 0 Å². The molecule has 26 heavy (non-hydrogen) atoms. The van der Waals surface area contributed by atoms with Gasteiger partial charge in [0.2, 0.25) is 0 Å². The summed E-state index contributed by atoms with van der Waals surface area (Å²) in [6.45, 7) is 5.87. The van der Waals surface area contributed by atoms with E-state index in [-0.39, 0.29) is 5.91 Å². The minimum absolute atomic E-state index is 0.154. The second-order valence-corrected chi connectivity index (χ2v) is 7.43. The van der Waals surface area contributed by atoms with Gasteiger partial charge in [0.15, 0.2) is 0 Å². The minimum Gasteiger partial charge on any atom is -0.339 e. The molecule has 1 aliphatic heterocycles. The Balaban J connectivity index is 1.60. The van der Waals surface area contributed by atoms with Crippen LogP contribution >= 0.6 is 11.6 Å². The lowest BCUT2D eigenvalue weighted by Gasteiger charge is -2.38. The number of likely N-dealkylation sites (tertiary alicyclic amines) is 1. The van der Waals surface area contributed by atoms with E-state index in [1.54, 1.807) is 0 Å². The first-order valence-corrected chi connectivity index (χ1v) is 9.88. The van der Waals surface area contributed by atoms with Gasteiger partial charge in [-0.25, -0.2) is 0 Å². The lowest BCUT2D eigenvalue weighted by Crippen LogP contribution is -2.46. The minimum atomic E-state index is 0.154. The number of halogens is 1. The van der Waals surface area contributed by atoms with Crippen LogP contribution in [0.5, 0.6) is 0 Å². The molecule has 0 unspecified atom stereocenters. The number of piperidine rings is 1. The van der Waals surface area contributed by atoms with Crippen LogP contribution in [0.2, 0.25) is 5.02 Å². The molecule has 2 aromatic carbocycles. The van der Waals surface area contributed by atoms with Crippen molar-refractivity contribution in [2.24, 2.45) is 0 Å². The summed E-state index contributed by atoms with van der Waals surface area (Å²) in [4.78, 5) is 17.2. The molecule has 1 saturated heterocycles. The molecule has 0 aromatic heterocycles. The molecule has 2 aromatic rings. The molecule has 1 heterocycles. The molecule has 1 fully saturated rings. The molecule has 0 atom stereocenters. The van der Waals surface area contributed by atoms with E-state index in [0.717, 1.165) is 56.0 Å². The van der Waals surface area contributed by atoms with Gasteiger partial charge in [-0.1, -0.05) is 48.9 Å². The van der Waals surface area contributed by atoms with Crippen molar-refractivity contribution in [1.29, 1.82) is 0 Å². The second kappa shape index (κ2) is 9.20. The number of amides is 1. The van der Waals surface area contributed by atoms with Crippen molar-refractivity contribution < 1.29 is 4.79 Å². The van der Waals surface area contributed by atoms with Gasteiger partial charge in [-0.3, -0.25) is 9.69 Å². The highest BCUT2D eigenvalue weighted by Gasteiger charge is 2.27. The maximum Gasteiger partial charge on any atom is 0.253 e. The molecule has 0 aliphatic carbocycles. The number of nitrogens with zero attached hydrogens (tertiary/aromatic N) is 2. The first-order valence-electron chi connectivity index (χ1n) is 9.50. The van der Waals surface area contributed by atoms with Crippen molar-refractivity contribution in [3.63, 3.8) is 0 Å². The predicted molar refractivity (Wildman–Crippen MR) is 108 cm³/mol. The van der Waals surface area contributed by atoms with E-state index in [1.807, 2.05) is 47.4 Å². The van der Waals surface area contributed by atoms with E-state index in [4.69, 9.17) is 11.6 Å². The first kappa shape index (κ1) is 18.9. The zero-order valence-corrected chi connectivity index (χ0v) is 16.2. The normalized spacial score (nSPS) is 15.4. The summed E-state index contributed by atoms with van der Waals surface area (Å²) in [5.41, 5.74) is 2.05. The molecule has 3 rings (SSSR count). The summed E-state index contributed by atoms with van der Waals surface area (Å²) in [6.07, 6.45) is 3.18. The number of benzene rings is 2. The molecule has 0 N–H and O–H groups in total. The summed E-state index contributed by atoms with van der Waals surface area (Å²) < 4.78 is 0. The summed E-state index contributed by atoms with van der Waals surface area (Å²) >= 11 is 6.14. The number of carbonyl (C=O) groups excluding carboxylic acids is 1. The van der Waals surface area contributed by atoms with Crippen LogP contribution in [-0.4, -0.2) is 41.4 Å². The van der Waals surface area contributed by atoms with E-state index in [9.17, 15) is 4.79 Å². The van der Waals surface area contributed by atoms with Crippen molar-refractivity contribution in [2.75, 3.05) is 19.6 Å². The molecular formula is C22H27ClN2O. The van der Waals surface area contributed by atoms with Crippen LogP contribution < -0.4 is 0 Å². The Morgan fingerprint density at radius 2 is 1.85 bits per heavy atom. The predicted octanol–water partition coefficient (Wildman–Crippen LogP) is 4.86. The van der Waals surface area contributed by atoms with Gasteiger partial charge >= 0.3 is 0 Å². The zero-order valence-electron chi connectivity index (χ0n) is 15.4. The Morgan fingerprint density at radius 3 is 2.50 bits per heavy atom. The summed E-state index contributed by atoms with van der Waals surface area (Å²) in [7, 11) is 0. The molecule has 0 spiro atoms. The van der Waals surface area contributed by atoms with Crippen molar-refractivity contribution >= 4 is 17.5 Å². The number of rotatable bonds is 6. The van der Waals surface area contributed by atoms with Crippen molar-refractivity contribution in [3.8, 4) is 0 Å². The molecule has 0 saturated carbocycles. The van der Waals surface area contributed by atoms with Gasteiger partial charge in [0.25, 0.3) is 5.91 Å². The van der Waals surface area contributed by atoms with Crippen LogP contribution in [-0.2, 0) is 6.54 Å². The Hall–Kier alpha value is -1.84. The number of carbonyl (C=O) groups is 1. The third-order valence-electron chi connectivity index (χ3n) is 5.07. The largest absolute Gasteiger partial charge is 0.339 e. The average Bonchev–Trinajstić information content (AvgIpc) is 2.68. The van der Waals surface area contributed by atoms with E-state index in [2.05, 4.69) is 24.0 Å². The average molecular weight is 371 g/mol. The van der Waals surface area contributed by atoms with E-state index in [0.29, 0.717) is 6.04 Å². The SMILES string of the molecule is CCCN(Cc1cccc(Cl)c1)C1CCN(C(=O)c2ccccc2)CC1. The van der Waals surface area contributed by atoms with Crippen LogP contribution in [0.4, 0.5) is 0 Å². The molecule has 138 valence electrons. The fraction of sp³-hybridized carbons (Fsp3) is 0.409. The summed E-state index contributed by atoms with van der Waals surface area (Å²) in [6, 6.07) is 18.2. The first-order chi connectivity index (χ1) is 12.7. The van der Waals surface area contributed by atoms with Crippen LogP contribution in [0.25, 0.3) is 0 Å². The maximum absolute atomic E-state index is 12.6. The van der Waals surface area contributed by atoms with Gasteiger partial charge in [0.05, 0.1) is 0 Å². The fourth-order valence-electron chi connectivity index (χ4n) is 3.75. The maximum atomic E-state index is 12.6. The fourth-order valence-corrected chi connectivity index (χ4v) is 3.96. The Morgan fingerprint density at radius 1 is 1.12 bits per heavy atom. The number of hydrogen-bond donors (Lipinski definition) is 0. The number of hydrogen-bond acceptors (Lipinski definition) is 2. The van der Waals surface area contributed by atoms with E-state index < -0.39 is 0 Å². The van der Waals surface area contributed by atoms with Crippen LogP contribution in [0, 0.1) is 0 Å². The van der Waals surface area contributed by atoms with Gasteiger partial charge in [0, 0.05) is 36.3 Å². The second-order valence-electron chi connectivity index (χ2n) is 6.99. The van der Waals surface area contributed by atoms with E-state index in [1.165, 1.54) is 5.56 Å². The van der Waals surface area contributed by atoms with E-state index >= 15 is 0 Å². The smallest absolute Gasteiger partial charge is 0.253 e. The van der Waals surface area contributed by atoms with Crippen LogP contribution in [0.15, 0.2) is 54.6 Å². The van der Waals surface area contributed by atoms with Crippen LogP contribution in [0.1, 0.15) is 42.1 Å². The van der Waals surface area contributed by atoms with Crippen molar-refractivity contribution in [2.45, 2.75) is 38.8 Å². The third-order valence-corrected chi connectivity index (χ3v) is 5.31. The Bertz CT molecular complexity index is 711. The van der Waals surface area contributed by atoms with Gasteiger partial charge < -0.3 is 4.90 Å². The lowest BCUT2D eigenvalue weighted by atomic mass is 10.0. The summed E-state index contributed by atoms with van der Waals surface area (Å²) in [5, 5.41) is 0.794. The highest BCUT2D eigenvalue weighted by molar-refractivity contribution is 6.30. The molecular weight excluding hydrogens is 344 g/mol. The molecule has 0 bridgehead atoms. The van der Waals surface area contributed by atoms with Gasteiger partial charge in [-0.2, -0.15) is 0 Å². The molecule has 1 amide bonds. The summed E-state index contributed by atoms with van der Waals surface area (Å²) in [5.74, 6) is 0.154. The lowest BCUT2D eigenvalue weighted by molar-refractivity contribution is 0.0607. The molecule has 3 nitrogen and oxygen atoms in total. The van der Waals surface area contributed by atoms with Gasteiger partial charge in [0.1, 0.15) is 0 Å². The van der Waals surface area contributed by atoms with Gasteiger partial charge in [-0.05, 0) is 55.6 Å². The highest BCUT2D eigenvalue weighted by Crippen LogP contribution is 2.22. The Kier molecular flexibility index (Phi) is 6.70.